The first-order valence-corrected chi connectivity index (χ1v) is 11.6. The molecular weight excluding hydrogens is 709 g/mol. The molecule has 3 rings (SSSR count). The fourth-order valence-corrected chi connectivity index (χ4v) is 4.23. The zero-order valence-electron chi connectivity index (χ0n) is 19.1. The van der Waals surface area contributed by atoms with Crippen LogP contribution in [0.5, 0.6) is 5.88 Å². The Kier molecular flexibility index (Phi) is 9.45. The Labute approximate surface area is 240 Å². The number of nitrogen functional groups attached to an aromatic ring is 1. The number of isocyanates is 1. The van der Waals surface area contributed by atoms with Crippen LogP contribution in [-0.4, -0.2) is 58.8 Å². The zero-order chi connectivity index (χ0) is 25.9. The van der Waals surface area contributed by atoms with E-state index in [2.05, 4.69) is 14.7 Å². The van der Waals surface area contributed by atoms with Gasteiger partial charge in [0.2, 0.25) is 12.0 Å². The number of para-hydroxylation sites is 1. The van der Waals surface area contributed by atoms with Crippen LogP contribution in [0.3, 0.4) is 0 Å². The summed E-state index contributed by atoms with van der Waals surface area (Å²) in [5.74, 6) is -3.65. The van der Waals surface area contributed by atoms with Gasteiger partial charge in [0.05, 0.1) is 5.69 Å². The first-order valence-electron chi connectivity index (χ1n) is 10.1. The first kappa shape index (κ1) is 29.1. The number of H-pyrrole nitrogens is 1. The van der Waals surface area contributed by atoms with Crippen LogP contribution in [0, 0.1) is 44.1 Å². The molecule has 0 atom stereocenters. The zero-order valence-corrected chi connectivity index (χ0v) is 24.7. The molecule has 0 unspecified atom stereocenters. The van der Waals surface area contributed by atoms with Crippen molar-refractivity contribution < 1.29 is 72.0 Å². The number of carbonyl (C=O) groups is 2. The SMILES string of the molecule is CCN(CC)C(=O)c1c(N=C=O)c(O)n2c(=O)c(C(=O)NS(=O)(=O)Nc3ccccc3)c(N)[nH]c12.[Ac]. The molecule has 36 heavy (non-hydrogen) atoms. The Morgan fingerprint density at radius 2 is 1.81 bits per heavy atom. The third-order valence-electron chi connectivity index (χ3n) is 4.96. The minimum Gasteiger partial charge on any atom is -0.493 e. The predicted molar refractivity (Wildman–Crippen MR) is 126 cm³/mol. The first-order chi connectivity index (χ1) is 16.6. The number of hydrogen-bond acceptors (Lipinski definition) is 9. The Morgan fingerprint density at radius 1 is 1.19 bits per heavy atom. The van der Waals surface area contributed by atoms with E-state index in [1.165, 1.54) is 23.1 Å². The molecule has 0 aliphatic rings. The van der Waals surface area contributed by atoms with E-state index in [0.29, 0.717) is 4.40 Å². The van der Waals surface area contributed by atoms with Crippen molar-refractivity contribution in [3.63, 3.8) is 0 Å². The molecule has 3 aromatic rings. The number of nitrogens with two attached hydrogens (primary N) is 1. The molecule has 0 saturated carbocycles. The molecule has 2 heterocycles. The van der Waals surface area contributed by atoms with E-state index in [4.69, 9.17) is 5.73 Å². The van der Waals surface area contributed by atoms with Crippen LogP contribution in [0.4, 0.5) is 17.2 Å². The number of rotatable bonds is 8. The number of nitrogens with one attached hydrogen (secondary N) is 3. The Bertz CT molecular complexity index is 1520. The summed E-state index contributed by atoms with van der Waals surface area (Å²) in [6.45, 7) is 3.88. The number of carbonyl (C=O) groups excluding carboxylic acids is 3. The largest absolute Gasteiger partial charge is 0.493 e. The van der Waals surface area contributed by atoms with E-state index in [9.17, 15) is 32.7 Å². The third kappa shape index (κ3) is 5.62. The van der Waals surface area contributed by atoms with Crippen LogP contribution in [-0.2, 0) is 15.0 Å². The minimum atomic E-state index is -4.48. The standard InChI is InChI=1S/C20H21N7O7S.Ac/c1-3-26(4-2)18(30)12-14(22-10-28)20(32)27-16(12)23-15(21)13(19(27)31)17(29)25-35(33,34)24-11-8-6-5-7-9-11;/h5-9,23-24,32H,3-4,21H2,1-2H3,(H,25,29);. The van der Waals surface area contributed by atoms with Crippen molar-refractivity contribution in [2.75, 3.05) is 23.5 Å². The minimum absolute atomic E-state index is 0. The maximum Gasteiger partial charge on any atom is 0.323 e. The van der Waals surface area contributed by atoms with Crippen LogP contribution in [0.25, 0.3) is 5.65 Å². The van der Waals surface area contributed by atoms with Gasteiger partial charge in [-0.05, 0) is 26.0 Å². The number of fused-ring (bicyclic) bond motifs is 1. The van der Waals surface area contributed by atoms with E-state index in [1.807, 2.05) is 0 Å². The van der Waals surface area contributed by atoms with Crippen molar-refractivity contribution in [1.82, 2.24) is 19.0 Å². The van der Waals surface area contributed by atoms with Crippen LogP contribution < -0.4 is 20.7 Å². The number of aromatic hydroxyl groups is 1. The Balaban J connectivity index is 0.00000456. The molecule has 187 valence electrons. The van der Waals surface area contributed by atoms with Gasteiger partial charge in [0.25, 0.3) is 17.4 Å². The van der Waals surface area contributed by atoms with E-state index in [-0.39, 0.29) is 74.0 Å². The maximum atomic E-state index is 13.1. The van der Waals surface area contributed by atoms with E-state index >= 15 is 0 Å². The number of anilines is 2. The molecule has 2 amide bonds. The van der Waals surface area contributed by atoms with Crippen LogP contribution >= 0.6 is 0 Å². The fraction of sp³-hybridized carbons (Fsp3) is 0.200. The van der Waals surface area contributed by atoms with E-state index in [0.717, 1.165) is 0 Å². The summed E-state index contributed by atoms with van der Waals surface area (Å²) >= 11 is 0. The number of benzene rings is 1. The molecule has 2 aromatic heterocycles. The smallest absolute Gasteiger partial charge is 0.323 e. The van der Waals surface area contributed by atoms with Crippen LogP contribution in [0.2, 0.25) is 0 Å². The molecule has 0 aliphatic carbocycles. The summed E-state index contributed by atoms with van der Waals surface area (Å²) < 4.78 is 29.0. The topological polar surface area (TPSA) is 209 Å². The summed E-state index contributed by atoms with van der Waals surface area (Å²) in [5.41, 5.74) is 2.58. The molecule has 14 nitrogen and oxygen atoms in total. The summed E-state index contributed by atoms with van der Waals surface area (Å²) in [4.78, 5) is 56.9. The normalized spacial score (nSPS) is 10.7. The Morgan fingerprint density at radius 3 is 2.36 bits per heavy atom. The van der Waals surface area contributed by atoms with Crippen LogP contribution in [0.15, 0.2) is 40.1 Å². The van der Waals surface area contributed by atoms with Crippen molar-refractivity contribution in [2.24, 2.45) is 4.99 Å². The number of nitrogens with zero attached hydrogens (tertiary/aromatic N) is 3. The van der Waals surface area contributed by atoms with E-state index in [1.54, 1.807) is 36.8 Å². The van der Waals surface area contributed by atoms with Gasteiger partial charge in [0, 0.05) is 57.2 Å². The second-order valence-electron chi connectivity index (χ2n) is 7.03. The number of hydrogen-bond donors (Lipinski definition) is 5. The summed E-state index contributed by atoms with van der Waals surface area (Å²) in [5, 5.41) is 10.6. The van der Waals surface area contributed by atoms with Crippen molar-refractivity contribution >= 4 is 50.9 Å². The predicted octanol–water partition coefficient (Wildman–Crippen LogP) is 0.451. The average molecular weight is 730 g/mol. The molecule has 0 saturated heterocycles. The second kappa shape index (κ2) is 11.7. The molecule has 6 N–H and O–H groups in total. The molecular formula is C20H21AcN7O7S. The van der Waals surface area contributed by atoms with Gasteiger partial charge in [-0.15, -0.1) is 0 Å². The van der Waals surface area contributed by atoms with Crippen molar-refractivity contribution in [1.29, 1.82) is 0 Å². The molecule has 0 spiro atoms. The number of aromatic amines is 1. The number of aromatic nitrogens is 2. The monoisotopic (exact) mass is 730 g/mol. The third-order valence-corrected chi connectivity index (χ3v) is 5.92. The van der Waals surface area contributed by atoms with Gasteiger partial charge >= 0.3 is 10.2 Å². The molecule has 0 bridgehead atoms. The van der Waals surface area contributed by atoms with E-state index < -0.39 is 50.5 Å². The van der Waals surface area contributed by atoms with Gasteiger partial charge in [0.15, 0.2) is 5.69 Å². The second-order valence-corrected chi connectivity index (χ2v) is 8.45. The molecule has 16 heteroatoms. The average Bonchev–Trinajstić information content (AvgIpc) is 3.06. The summed E-state index contributed by atoms with van der Waals surface area (Å²) in [7, 11) is -4.48. The van der Waals surface area contributed by atoms with Crippen molar-refractivity contribution in [3.8, 4) is 5.88 Å². The van der Waals surface area contributed by atoms with Crippen LogP contribution in [0.1, 0.15) is 34.6 Å². The quantitative estimate of drug-likeness (QED) is 0.162. The van der Waals surface area contributed by atoms with Gasteiger partial charge in [-0.2, -0.15) is 13.4 Å². The molecule has 0 aliphatic heterocycles. The van der Waals surface area contributed by atoms with Crippen molar-refractivity contribution in [3.05, 3.63) is 51.8 Å². The molecule has 0 fully saturated rings. The number of aliphatic imine (C=N–C) groups is 1. The molecule has 1 radical (unpaired) electrons. The van der Waals surface area contributed by atoms with Gasteiger partial charge in [0.1, 0.15) is 22.6 Å². The van der Waals surface area contributed by atoms with Crippen molar-refractivity contribution in [2.45, 2.75) is 13.8 Å². The fourth-order valence-electron chi connectivity index (χ4n) is 3.38. The van der Waals surface area contributed by atoms with Gasteiger partial charge in [-0.1, -0.05) is 18.2 Å². The van der Waals surface area contributed by atoms with Gasteiger partial charge in [-0.3, -0.25) is 19.1 Å². The summed E-state index contributed by atoms with van der Waals surface area (Å²) in [6.07, 6.45) is 1.20. The summed E-state index contributed by atoms with van der Waals surface area (Å²) in [6, 6.07) is 7.62. The Hall–Kier alpha value is -3.18. The molecule has 1 aromatic carbocycles. The maximum absolute atomic E-state index is 13.1. The van der Waals surface area contributed by atoms with Gasteiger partial charge < -0.3 is 20.7 Å². The number of amides is 2. The van der Waals surface area contributed by atoms with Gasteiger partial charge in [-0.25, -0.2) is 13.9 Å².